The van der Waals surface area contributed by atoms with Crippen LogP contribution in [0.3, 0.4) is 0 Å². The van der Waals surface area contributed by atoms with Crippen LogP contribution in [0.5, 0.6) is 0 Å². The monoisotopic (exact) mass is 274 g/mol. The predicted molar refractivity (Wildman–Crippen MR) is 86.0 cm³/mol. The summed E-state index contributed by atoms with van der Waals surface area (Å²) in [4.78, 5) is 0. The van der Waals surface area contributed by atoms with Gasteiger partial charge in [0.05, 0.1) is 12.2 Å². The molecule has 0 aliphatic heterocycles. The smallest absolute Gasteiger partial charge is 0.0800 e. The molecule has 2 heteroatoms. The van der Waals surface area contributed by atoms with Gasteiger partial charge in [0.15, 0.2) is 0 Å². The van der Waals surface area contributed by atoms with Gasteiger partial charge in [-0.1, -0.05) is 43.3 Å². The molecular weight excluding hydrogens is 252 g/mol. The fourth-order valence-corrected chi connectivity index (χ4v) is 2.63. The number of fused-ring (bicyclic) bond motifs is 1. The second kappa shape index (κ2) is 6.97. The Morgan fingerprint density at radius 2 is 1.84 bits per heavy atom. The van der Waals surface area contributed by atoms with E-state index in [1.165, 1.54) is 16.3 Å². The number of benzene rings is 2. The number of hydrogen-bond donors (Lipinski definition) is 1. The van der Waals surface area contributed by atoms with E-state index in [1.54, 1.807) is 0 Å². The predicted octanol–water partition coefficient (Wildman–Crippen LogP) is 5.02. The summed E-state index contributed by atoms with van der Waals surface area (Å²) in [7, 11) is 0. The molecule has 2 rings (SSSR count). The summed E-state index contributed by atoms with van der Waals surface area (Å²) < 4.78 is 6.13. The van der Waals surface area contributed by atoms with Gasteiger partial charge in [-0.25, -0.2) is 0 Å². The molecule has 0 aliphatic rings. The number of rotatable bonds is 6. The van der Waals surface area contributed by atoms with Gasteiger partial charge in [-0.3, -0.25) is 0 Å². The molecule has 2 unspecified atom stereocenters. The van der Waals surface area contributed by atoms with Crippen molar-refractivity contribution in [3.8, 4) is 0 Å². The van der Waals surface area contributed by atoms with Gasteiger partial charge in [0.2, 0.25) is 0 Å². The topological polar surface area (TPSA) is 9.23 Å². The number of ether oxygens (including phenoxy) is 1. The SMILES string of the molecule is CCC(CCS)OC(C)c1ccc2ccccc2c1. The highest BCUT2D eigenvalue weighted by Gasteiger charge is 2.12. The highest BCUT2D eigenvalue weighted by atomic mass is 32.1. The lowest BCUT2D eigenvalue weighted by Gasteiger charge is -2.21. The summed E-state index contributed by atoms with van der Waals surface area (Å²) in [5.41, 5.74) is 1.25. The molecule has 0 radical (unpaired) electrons. The van der Waals surface area contributed by atoms with Crippen molar-refractivity contribution in [1.29, 1.82) is 0 Å². The molecule has 19 heavy (non-hydrogen) atoms. The minimum atomic E-state index is 0.134. The van der Waals surface area contributed by atoms with Crippen LogP contribution in [0.1, 0.15) is 38.4 Å². The average molecular weight is 274 g/mol. The van der Waals surface area contributed by atoms with Crippen LogP contribution in [0.25, 0.3) is 10.8 Å². The van der Waals surface area contributed by atoms with Crippen molar-refractivity contribution in [2.75, 3.05) is 5.75 Å². The van der Waals surface area contributed by atoms with E-state index >= 15 is 0 Å². The first kappa shape index (κ1) is 14.4. The van der Waals surface area contributed by atoms with Crippen LogP contribution in [0.4, 0.5) is 0 Å². The Kier molecular flexibility index (Phi) is 5.29. The van der Waals surface area contributed by atoms with Crippen LogP contribution in [0.2, 0.25) is 0 Å². The van der Waals surface area contributed by atoms with Crippen molar-refractivity contribution in [3.05, 3.63) is 48.0 Å². The Morgan fingerprint density at radius 1 is 1.11 bits per heavy atom. The summed E-state index contributed by atoms with van der Waals surface area (Å²) in [5.74, 6) is 0.878. The third kappa shape index (κ3) is 3.74. The molecule has 2 atom stereocenters. The van der Waals surface area contributed by atoms with Gasteiger partial charge in [0, 0.05) is 0 Å². The number of hydrogen-bond acceptors (Lipinski definition) is 2. The number of thiol groups is 1. The zero-order valence-corrected chi connectivity index (χ0v) is 12.6. The van der Waals surface area contributed by atoms with Crippen LogP contribution >= 0.6 is 12.6 Å². The Labute approximate surface area is 121 Å². The zero-order chi connectivity index (χ0) is 13.7. The van der Waals surface area contributed by atoms with Crippen LogP contribution in [0, 0.1) is 0 Å². The molecule has 0 spiro atoms. The van der Waals surface area contributed by atoms with E-state index in [1.807, 2.05) is 0 Å². The lowest BCUT2D eigenvalue weighted by atomic mass is 10.0. The third-order valence-corrected chi connectivity index (χ3v) is 3.80. The van der Waals surface area contributed by atoms with E-state index in [0.29, 0.717) is 6.10 Å². The first-order chi connectivity index (χ1) is 9.24. The van der Waals surface area contributed by atoms with Crippen molar-refractivity contribution >= 4 is 23.4 Å². The highest BCUT2D eigenvalue weighted by molar-refractivity contribution is 7.80. The molecule has 0 heterocycles. The van der Waals surface area contributed by atoms with Gasteiger partial charge in [-0.2, -0.15) is 12.6 Å². The molecule has 102 valence electrons. The van der Waals surface area contributed by atoms with Crippen molar-refractivity contribution < 1.29 is 4.74 Å². The van der Waals surface area contributed by atoms with Crippen LogP contribution in [-0.4, -0.2) is 11.9 Å². The quantitative estimate of drug-likeness (QED) is 0.728. The zero-order valence-electron chi connectivity index (χ0n) is 11.7. The molecule has 0 saturated carbocycles. The molecular formula is C17H22OS. The van der Waals surface area contributed by atoms with E-state index in [2.05, 4.69) is 68.9 Å². The molecule has 0 amide bonds. The first-order valence-electron chi connectivity index (χ1n) is 6.99. The maximum absolute atomic E-state index is 6.13. The van der Waals surface area contributed by atoms with Gasteiger partial charge in [0.1, 0.15) is 0 Å². The molecule has 0 fully saturated rings. The second-order valence-corrected chi connectivity index (χ2v) is 5.37. The van der Waals surface area contributed by atoms with Crippen LogP contribution in [0.15, 0.2) is 42.5 Å². The minimum Gasteiger partial charge on any atom is -0.371 e. The Hall–Kier alpha value is -0.990. The van der Waals surface area contributed by atoms with Gasteiger partial charge >= 0.3 is 0 Å². The van der Waals surface area contributed by atoms with Crippen molar-refractivity contribution in [2.45, 2.75) is 38.9 Å². The van der Waals surface area contributed by atoms with Gasteiger partial charge in [0.25, 0.3) is 0 Å². The van der Waals surface area contributed by atoms with E-state index in [9.17, 15) is 0 Å². The van der Waals surface area contributed by atoms with Gasteiger partial charge in [-0.05, 0) is 47.9 Å². The van der Waals surface area contributed by atoms with Crippen molar-refractivity contribution in [3.63, 3.8) is 0 Å². The largest absolute Gasteiger partial charge is 0.371 e. The molecule has 0 aromatic heterocycles. The van der Waals surface area contributed by atoms with E-state index < -0.39 is 0 Å². The Balaban J connectivity index is 2.14. The summed E-state index contributed by atoms with van der Waals surface area (Å²) in [6.07, 6.45) is 2.49. The fourth-order valence-electron chi connectivity index (χ4n) is 2.34. The lowest BCUT2D eigenvalue weighted by molar-refractivity contribution is -0.00638. The molecule has 2 aromatic carbocycles. The molecule has 0 bridgehead atoms. The van der Waals surface area contributed by atoms with E-state index in [-0.39, 0.29) is 6.10 Å². The van der Waals surface area contributed by atoms with Gasteiger partial charge in [-0.15, -0.1) is 0 Å². The lowest BCUT2D eigenvalue weighted by Crippen LogP contribution is -2.15. The maximum atomic E-state index is 6.13. The minimum absolute atomic E-state index is 0.134. The summed E-state index contributed by atoms with van der Waals surface area (Å²) in [6, 6.07) is 15.0. The molecule has 0 saturated heterocycles. The fraction of sp³-hybridized carbons (Fsp3) is 0.412. The summed E-state index contributed by atoms with van der Waals surface area (Å²) in [6.45, 7) is 4.30. The summed E-state index contributed by atoms with van der Waals surface area (Å²) >= 11 is 4.29. The average Bonchev–Trinajstić information content (AvgIpc) is 2.46. The molecule has 1 nitrogen and oxygen atoms in total. The molecule has 0 N–H and O–H groups in total. The highest BCUT2D eigenvalue weighted by Crippen LogP contribution is 2.24. The van der Waals surface area contributed by atoms with Crippen LogP contribution < -0.4 is 0 Å². The van der Waals surface area contributed by atoms with Crippen LogP contribution in [-0.2, 0) is 4.74 Å². The molecule has 2 aromatic rings. The van der Waals surface area contributed by atoms with E-state index in [0.717, 1.165) is 18.6 Å². The summed E-state index contributed by atoms with van der Waals surface area (Å²) in [5, 5.41) is 2.55. The Morgan fingerprint density at radius 3 is 2.53 bits per heavy atom. The maximum Gasteiger partial charge on any atom is 0.0800 e. The standard InChI is InChI=1S/C17H22OS/c1-3-17(10-11-19)18-13(2)15-9-8-14-6-4-5-7-16(14)12-15/h4-9,12-13,17,19H,3,10-11H2,1-2H3. The first-order valence-corrected chi connectivity index (χ1v) is 7.63. The second-order valence-electron chi connectivity index (χ2n) is 4.93. The molecule has 0 aliphatic carbocycles. The normalized spacial score (nSPS) is 14.5. The van der Waals surface area contributed by atoms with Crippen molar-refractivity contribution in [1.82, 2.24) is 0 Å². The van der Waals surface area contributed by atoms with E-state index in [4.69, 9.17) is 4.74 Å². The van der Waals surface area contributed by atoms with Crippen molar-refractivity contribution in [2.24, 2.45) is 0 Å². The third-order valence-electron chi connectivity index (χ3n) is 3.55. The van der Waals surface area contributed by atoms with Gasteiger partial charge < -0.3 is 4.74 Å². The Bertz CT molecular complexity index is 523.